The number of fused-ring (bicyclic) bond motifs is 1. The van der Waals surface area contributed by atoms with Gasteiger partial charge in [-0.1, -0.05) is 18.2 Å². The van der Waals surface area contributed by atoms with Gasteiger partial charge in [0.1, 0.15) is 17.0 Å². The number of nitro groups is 1. The van der Waals surface area contributed by atoms with E-state index in [-0.39, 0.29) is 17.2 Å². The molecule has 0 saturated carbocycles. The lowest BCUT2D eigenvalue weighted by Gasteiger charge is -2.14. The maximum atomic E-state index is 12.4. The third kappa shape index (κ3) is 3.99. The molecule has 0 amide bonds. The fourth-order valence-electron chi connectivity index (χ4n) is 3.48. The Morgan fingerprint density at radius 3 is 2.67 bits per heavy atom. The number of benzene rings is 2. The van der Waals surface area contributed by atoms with Gasteiger partial charge >= 0.3 is 5.97 Å². The van der Waals surface area contributed by atoms with Crippen molar-refractivity contribution in [3.05, 3.63) is 64.5 Å². The van der Waals surface area contributed by atoms with Gasteiger partial charge in [0, 0.05) is 48.0 Å². The first-order valence-corrected chi connectivity index (χ1v) is 9.79. The van der Waals surface area contributed by atoms with Crippen LogP contribution in [0.1, 0.15) is 10.4 Å². The van der Waals surface area contributed by atoms with E-state index in [1.165, 1.54) is 32.5 Å². The monoisotopic (exact) mass is 448 g/mol. The summed E-state index contributed by atoms with van der Waals surface area (Å²) in [7, 11) is 4.31. The molecule has 11 nitrogen and oxygen atoms in total. The third-order valence-corrected chi connectivity index (χ3v) is 5.07. The van der Waals surface area contributed by atoms with E-state index < -0.39 is 10.9 Å². The Morgan fingerprint density at radius 2 is 1.97 bits per heavy atom. The molecule has 0 saturated heterocycles. The number of rotatable bonds is 7. The molecule has 0 bridgehead atoms. The second-order valence-corrected chi connectivity index (χ2v) is 6.90. The van der Waals surface area contributed by atoms with Crippen molar-refractivity contribution in [3.8, 4) is 17.0 Å². The average Bonchev–Trinajstić information content (AvgIpc) is 3.27. The fourth-order valence-corrected chi connectivity index (χ4v) is 3.48. The van der Waals surface area contributed by atoms with Crippen molar-refractivity contribution < 1.29 is 19.2 Å². The Labute approximate surface area is 187 Å². The summed E-state index contributed by atoms with van der Waals surface area (Å²) in [5.41, 5.74) is 2.51. The SMILES string of the molecule is CNc1cc(OC)c(Nc2ncc(C(=O)OC)c(-c3c[nH]c4ccccc34)n2)cc1[N+](=O)[O-]. The highest BCUT2D eigenvalue weighted by atomic mass is 16.6. The number of nitrogens with one attached hydrogen (secondary N) is 3. The summed E-state index contributed by atoms with van der Waals surface area (Å²) in [6.45, 7) is 0. The Morgan fingerprint density at radius 1 is 1.18 bits per heavy atom. The smallest absolute Gasteiger partial charge is 0.341 e. The number of aromatic nitrogens is 3. The second kappa shape index (κ2) is 8.83. The number of H-pyrrole nitrogens is 1. The first kappa shape index (κ1) is 21.6. The van der Waals surface area contributed by atoms with Gasteiger partial charge in [-0.2, -0.15) is 0 Å². The summed E-state index contributed by atoms with van der Waals surface area (Å²) in [6.07, 6.45) is 3.09. The van der Waals surface area contributed by atoms with E-state index >= 15 is 0 Å². The van der Waals surface area contributed by atoms with Crippen molar-refractivity contribution in [2.75, 3.05) is 31.9 Å². The van der Waals surface area contributed by atoms with Crippen molar-refractivity contribution in [2.45, 2.75) is 0 Å². The van der Waals surface area contributed by atoms with Gasteiger partial charge in [-0.05, 0) is 6.07 Å². The first-order chi connectivity index (χ1) is 16.0. The van der Waals surface area contributed by atoms with E-state index in [1.807, 2.05) is 24.3 Å². The number of methoxy groups -OCH3 is 2. The molecular formula is C22H20N6O5. The molecule has 0 aliphatic carbocycles. The van der Waals surface area contributed by atoms with Gasteiger partial charge < -0.3 is 25.1 Å². The largest absolute Gasteiger partial charge is 0.494 e. The molecule has 168 valence electrons. The zero-order valence-corrected chi connectivity index (χ0v) is 18.0. The lowest BCUT2D eigenvalue weighted by Crippen LogP contribution is -2.09. The molecule has 3 N–H and O–H groups in total. The van der Waals surface area contributed by atoms with E-state index in [9.17, 15) is 14.9 Å². The molecule has 4 aromatic rings. The fraction of sp³-hybridized carbons (Fsp3) is 0.136. The molecule has 0 fully saturated rings. The van der Waals surface area contributed by atoms with Crippen LogP contribution in [0.25, 0.3) is 22.2 Å². The number of aromatic amines is 1. The van der Waals surface area contributed by atoms with E-state index in [1.54, 1.807) is 13.2 Å². The molecule has 0 aliphatic rings. The lowest BCUT2D eigenvalue weighted by atomic mass is 10.1. The summed E-state index contributed by atoms with van der Waals surface area (Å²) < 4.78 is 10.3. The van der Waals surface area contributed by atoms with Crippen molar-refractivity contribution in [3.63, 3.8) is 0 Å². The number of hydrogen-bond donors (Lipinski definition) is 3. The predicted molar refractivity (Wildman–Crippen MR) is 123 cm³/mol. The Hall–Kier alpha value is -4.67. The maximum absolute atomic E-state index is 12.4. The molecule has 0 spiro atoms. The highest BCUT2D eigenvalue weighted by Gasteiger charge is 2.22. The van der Waals surface area contributed by atoms with Crippen LogP contribution in [0.3, 0.4) is 0 Å². The molecule has 11 heteroatoms. The van der Waals surface area contributed by atoms with Crippen LogP contribution in [-0.4, -0.2) is 47.1 Å². The lowest BCUT2D eigenvalue weighted by molar-refractivity contribution is -0.383. The quantitative estimate of drug-likeness (QED) is 0.216. The summed E-state index contributed by atoms with van der Waals surface area (Å²) in [4.78, 5) is 35.3. The van der Waals surface area contributed by atoms with E-state index in [2.05, 4.69) is 25.6 Å². The van der Waals surface area contributed by atoms with E-state index in [0.29, 0.717) is 28.4 Å². The molecule has 2 aromatic carbocycles. The number of esters is 1. The number of ether oxygens (including phenoxy) is 2. The minimum absolute atomic E-state index is 0.118. The van der Waals surface area contributed by atoms with Gasteiger partial charge in [-0.15, -0.1) is 0 Å². The van der Waals surface area contributed by atoms with Crippen LogP contribution >= 0.6 is 0 Å². The molecule has 2 heterocycles. The highest BCUT2D eigenvalue weighted by Crippen LogP contribution is 2.37. The molecule has 0 unspecified atom stereocenters. The van der Waals surface area contributed by atoms with Crippen molar-refractivity contribution in [1.82, 2.24) is 15.0 Å². The molecule has 0 atom stereocenters. The number of carbonyl (C=O) groups is 1. The maximum Gasteiger partial charge on any atom is 0.341 e. The molecule has 4 rings (SSSR count). The number of carbonyl (C=O) groups excluding carboxylic acids is 1. The second-order valence-electron chi connectivity index (χ2n) is 6.90. The predicted octanol–water partition coefficient (Wildman–Crippen LogP) is 4.11. The number of anilines is 3. The van der Waals surface area contributed by atoms with Crippen LogP contribution in [0.4, 0.5) is 23.0 Å². The van der Waals surface area contributed by atoms with Gasteiger partial charge in [0.2, 0.25) is 5.95 Å². The van der Waals surface area contributed by atoms with Gasteiger partial charge in [0.05, 0.1) is 30.5 Å². The number of para-hydroxylation sites is 1. The molecule has 0 aliphatic heterocycles. The summed E-state index contributed by atoms with van der Waals surface area (Å²) in [6, 6.07) is 10.4. The number of hydrogen-bond acceptors (Lipinski definition) is 9. The Kier molecular flexibility index (Phi) is 5.77. The van der Waals surface area contributed by atoms with Crippen LogP contribution in [0.5, 0.6) is 5.75 Å². The number of nitro benzene ring substituents is 1. The van der Waals surface area contributed by atoms with Crippen LogP contribution < -0.4 is 15.4 Å². The standard InChI is InChI=1S/C22H20N6O5/c1-23-16-9-19(32-2)17(8-18(16)28(30)31)26-22-25-11-14(21(29)33-3)20(27-22)13-10-24-15-7-5-4-6-12(13)15/h4-11,23-24H,1-3H3,(H,25,26,27). The van der Waals surface area contributed by atoms with E-state index in [4.69, 9.17) is 9.47 Å². The topological polar surface area (TPSA) is 144 Å². The van der Waals surface area contributed by atoms with Crippen molar-refractivity contribution in [1.29, 1.82) is 0 Å². The van der Waals surface area contributed by atoms with Crippen molar-refractivity contribution in [2.24, 2.45) is 0 Å². The van der Waals surface area contributed by atoms with Gasteiger partial charge in [0.25, 0.3) is 5.69 Å². The highest BCUT2D eigenvalue weighted by molar-refractivity contribution is 6.02. The molecule has 33 heavy (non-hydrogen) atoms. The average molecular weight is 448 g/mol. The van der Waals surface area contributed by atoms with Gasteiger partial charge in [-0.3, -0.25) is 10.1 Å². The van der Waals surface area contributed by atoms with Crippen LogP contribution in [0, 0.1) is 10.1 Å². The van der Waals surface area contributed by atoms with Crippen LogP contribution in [0.15, 0.2) is 48.8 Å². The van der Waals surface area contributed by atoms with Gasteiger partial charge in [-0.25, -0.2) is 14.8 Å². The minimum atomic E-state index is -0.589. The van der Waals surface area contributed by atoms with Crippen LogP contribution in [0.2, 0.25) is 0 Å². The summed E-state index contributed by atoms with van der Waals surface area (Å²) in [5, 5.41) is 18.1. The van der Waals surface area contributed by atoms with Crippen LogP contribution in [-0.2, 0) is 4.74 Å². The molecule has 0 radical (unpaired) electrons. The summed E-state index contributed by atoms with van der Waals surface area (Å²) in [5.74, 6) is -0.125. The van der Waals surface area contributed by atoms with E-state index in [0.717, 1.165) is 10.9 Å². The molecular weight excluding hydrogens is 428 g/mol. The third-order valence-electron chi connectivity index (χ3n) is 5.07. The van der Waals surface area contributed by atoms with Gasteiger partial charge in [0.15, 0.2) is 0 Å². The minimum Gasteiger partial charge on any atom is -0.494 e. The zero-order valence-electron chi connectivity index (χ0n) is 18.0. The molecule has 2 aromatic heterocycles. The first-order valence-electron chi connectivity index (χ1n) is 9.79. The van der Waals surface area contributed by atoms with Crippen molar-refractivity contribution >= 4 is 39.9 Å². The Bertz CT molecular complexity index is 1370. The normalized spacial score (nSPS) is 10.6. The Balaban J connectivity index is 1.84. The zero-order chi connectivity index (χ0) is 23.5. The number of nitrogens with zero attached hydrogens (tertiary/aromatic N) is 3. The summed E-state index contributed by atoms with van der Waals surface area (Å²) >= 11 is 0.